The largest absolute Gasteiger partial charge is 0.390 e. The van der Waals surface area contributed by atoms with Gasteiger partial charge in [-0.2, -0.15) is 0 Å². The molecule has 1 saturated heterocycles. The first kappa shape index (κ1) is 14.8. The summed E-state index contributed by atoms with van der Waals surface area (Å²) in [6, 6.07) is 1.55. The van der Waals surface area contributed by atoms with Crippen LogP contribution in [-0.4, -0.2) is 47.3 Å². The third-order valence-electron chi connectivity index (χ3n) is 6.16. The SMILES string of the molecule is CCNC1CCC(N2CCC3(O)CCCCC3C2)CC1. The van der Waals surface area contributed by atoms with Gasteiger partial charge < -0.3 is 10.4 Å². The number of likely N-dealkylation sites (tertiary alicyclic amines) is 1. The molecule has 1 aliphatic heterocycles. The molecule has 3 nitrogen and oxygen atoms in total. The lowest BCUT2D eigenvalue weighted by Gasteiger charge is -2.50. The van der Waals surface area contributed by atoms with Crippen molar-refractivity contribution in [1.29, 1.82) is 0 Å². The highest BCUT2D eigenvalue weighted by atomic mass is 16.3. The van der Waals surface area contributed by atoms with Gasteiger partial charge in [0.2, 0.25) is 0 Å². The van der Waals surface area contributed by atoms with Crippen LogP contribution in [0.1, 0.15) is 64.7 Å². The van der Waals surface area contributed by atoms with Gasteiger partial charge in [-0.05, 0) is 51.5 Å². The van der Waals surface area contributed by atoms with E-state index in [0.29, 0.717) is 5.92 Å². The standard InChI is InChI=1S/C17H32N2O/c1-2-18-15-6-8-16(9-7-15)19-12-11-17(20)10-4-3-5-14(17)13-19/h14-16,18,20H,2-13H2,1H3. The first-order valence-electron chi connectivity index (χ1n) is 8.91. The van der Waals surface area contributed by atoms with Crippen LogP contribution < -0.4 is 5.32 Å². The van der Waals surface area contributed by atoms with Gasteiger partial charge in [0.05, 0.1) is 5.60 Å². The molecule has 0 aromatic carbocycles. The molecule has 0 aromatic rings. The first-order chi connectivity index (χ1) is 9.71. The summed E-state index contributed by atoms with van der Waals surface area (Å²) in [5.74, 6) is 0.552. The van der Waals surface area contributed by atoms with Crippen LogP contribution in [0.3, 0.4) is 0 Å². The predicted octanol–water partition coefficient (Wildman–Crippen LogP) is 2.53. The predicted molar refractivity (Wildman–Crippen MR) is 82.8 cm³/mol. The molecule has 2 unspecified atom stereocenters. The Balaban J connectivity index is 1.52. The molecule has 0 spiro atoms. The zero-order chi connectivity index (χ0) is 14.0. The molecule has 20 heavy (non-hydrogen) atoms. The molecule has 2 saturated carbocycles. The van der Waals surface area contributed by atoms with E-state index in [1.807, 2.05) is 0 Å². The van der Waals surface area contributed by atoms with E-state index in [1.54, 1.807) is 0 Å². The van der Waals surface area contributed by atoms with E-state index < -0.39 is 0 Å². The third-order valence-corrected chi connectivity index (χ3v) is 6.16. The Hall–Kier alpha value is -0.120. The Bertz CT molecular complexity index is 314. The van der Waals surface area contributed by atoms with Crippen molar-refractivity contribution in [1.82, 2.24) is 10.2 Å². The number of nitrogens with one attached hydrogen (secondary N) is 1. The highest BCUT2D eigenvalue weighted by Crippen LogP contribution is 2.41. The molecule has 116 valence electrons. The van der Waals surface area contributed by atoms with Crippen LogP contribution >= 0.6 is 0 Å². The maximum Gasteiger partial charge on any atom is 0.0700 e. The molecule has 3 aliphatic rings. The quantitative estimate of drug-likeness (QED) is 0.834. The fourth-order valence-corrected chi connectivity index (χ4v) is 4.86. The summed E-state index contributed by atoms with van der Waals surface area (Å²) in [7, 11) is 0. The number of piperidine rings is 1. The van der Waals surface area contributed by atoms with Crippen molar-refractivity contribution in [2.24, 2.45) is 5.92 Å². The molecule has 2 atom stereocenters. The van der Waals surface area contributed by atoms with Gasteiger partial charge in [-0.15, -0.1) is 0 Å². The second kappa shape index (κ2) is 6.33. The summed E-state index contributed by atoms with van der Waals surface area (Å²) in [6.07, 6.45) is 11.3. The van der Waals surface area contributed by atoms with Crippen molar-refractivity contribution < 1.29 is 5.11 Å². The molecule has 3 heteroatoms. The molecule has 0 aromatic heterocycles. The molecule has 3 rings (SSSR count). The minimum atomic E-state index is -0.310. The van der Waals surface area contributed by atoms with Gasteiger partial charge in [0.25, 0.3) is 0 Å². The normalized spacial score (nSPS) is 43.2. The Morgan fingerprint density at radius 3 is 2.65 bits per heavy atom. The maximum absolute atomic E-state index is 10.8. The molecular formula is C17H32N2O. The molecule has 2 aliphatic carbocycles. The van der Waals surface area contributed by atoms with Gasteiger partial charge in [0.15, 0.2) is 0 Å². The maximum atomic E-state index is 10.8. The van der Waals surface area contributed by atoms with Crippen LogP contribution in [0.2, 0.25) is 0 Å². The molecule has 0 amide bonds. The van der Waals surface area contributed by atoms with Gasteiger partial charge in [0, 0.05) is 31.1 Å². The summed E-state index contributed by atoms with van der Waals surface area (Å²) in [5, 5.41) is 14.4. The van der Waals surface area contributed by atoms with Gasteiger partial charge in [-0.3, -0.25) is 4.90 Å². The lowest BCUT2D eigenvalue weighted by atomic mass is 9.70. The third kappa shape index (κ3) is 3.05. The average Bonchev–Trinajstić information content (AvgIpc) is 2.47. The van der Waals surface area contributed by atoms with E-state index in [2.05, 4.69) is 17.1 Å². The van der Waals surface area contributed by atoms with Crippen molar-refractivity contribution in [2.75, 3.05) is 19.6 Å². The first-order valence-corrected chi connectivity index (χ1v) is 8.91. The number of rotatable bonds is 3. The highest BCUT2D eigenvalue weighted by molar-refractivity contribution is 4.97. The summed E-state index contributed by atoms with van der Waals surface area (Å²) >= 11 is 0. The monoisotopic (exact) mass is 280 g/mol. The molecule has 3 fully saturated rings. The Morgan fingerprint density at radius 1 is 1.10 bits per heavy atom. The van der Waals surface area contributed by atoms with Gasteiger partial charge in [0.1, 0.15) is 0 Å². The fourth-order valence-electron chi connectivity index (χ4n) is 4.86. The van der Waals surface area contributed by atoms with Crippen molar-refractivity contribution in [3.63, 3.8) is 0 Å². The van der Waals surface area contributed by atoms with E-state index >= 15 is 0 Å². The summed E-state index contributed by atoms with van der Waals surface area (Å²) in [6.45, 7) is 5.60. The summed E-state index contributed by atoms with van der Waals surface area (Å²) in [4.78, 5) is 2.71. The minimum absolute atomic E-state index is 0.310. The minimum Gasteiger partial charge on any atom is -0.390 e. The second-order valence-electron chi connectivity index (χ2n) is 7.35. The molecular weight excluding hydrogens is 248 g/mol. The second-order valence-corrected chi connectivity index (χ2v) is 7.35. The van der Waals surface area contributed by atoms with Crippen LogP contribution in [0.25, 0.3) is 0 Å². The van der Waals surface area contributed by atoms with Crippen LogP contribution in [0, 0.1) is 5.92 Å². The van der Waals surface area contributed by atoms with Crippen molar-refractivity contribution >= 4 is 0 Å². The van der Waals surface area contributed by atoms with E-state index in [9.17, 15) is 5.11 Å². The fraction of sp³-hybridized carbons (Fsp3) is 1.00. The number of fused-ring (bicyclic) bond motifs is 1. The molecule has 0 bridgehead atoms. The lowest BCUT2D eigenvalue weighted by molar-refractivity contribution is -0.105. The Kier molecular flexibility index (Phi) is 4.68. The zero-order valence-electron chi connectivity index (χ0n) is 13.1. The van der Waals surface area contributed by atoms with Gasteiger partial charge in [-0.25, -0.2) is 0 Å². The Labute approximate surface area is 124 Å². The summed E-state index contributed by atoms with van der Waals surface area (Å²) < 4.78 is 0. The van der Waals surface area contributed by atoms with Crippen LogP contribution in [0.5, 0.6) is 0 Å². The average molecular weight is 280 g/mol. The van der Waals surface area contributed by atoms with E-state index in [1.165, 1.54) is 44.9 Å². The van der Waals surface area contributed by atoms with E-state index in [0.717, 1.165) is 44.6 Å². The lowest BCUT2D eigenvalue weighted by Crippen LogP contribution is -2.56. The number of nitrogens with zero attached hydrogens (tertiary/aromatic N) is 1. The molecule has 2 N–H and O–H groups in total. The Morgan fingerprint density at radius 2 is 1.90 bits per heavy atom. The molecule has 0 radical (unpaired) electrons. The summed E-state index contributed by atoms with van der Waals surface area (Å²) in [5.41, 5.74) is -0.310. The van der Waals surface area contributed by atoms with Crippen LogP contribution in [0.4, 0.5) is 0 Å². The van der Waals surface area contributed by atoms with Gasteiger partial charge in [-0.1, -0.05) is 19.8 Å². The van der Waals surface area contributed by atoms with Crippen LogP contribution in [0.15, 0.2) is 0 Å². The van der Waals surface area contributed by atoms with Crippen molar-refractivity contribution in [2.45, 2.75) is 82.4 Å². The van der Waals surface area contributed by atoms with Crippen molar-refractivity contribution in [3.8, 4) is 0 Å². The highest BCUT2D eigenvalue weighted by Gasteiger charge is 2.44. The smallest absolute Gasteiger partial charge is 0.0700 e. The zero-order valence-corrected chi connectivity index (χ0v) is 13.1. The molecule has 1 heterocycles. The van der Waals surface area contributed by atoms with E-state index in [-0.39, 0.29) is 5.60 Å². The van der Waals surface area contributed by atoms with Gasteiger partial charge >= 0.3 is 0 Å². The van der Waals surface area contributed by atoms with Crippen LogP contribution in [-0.2, 0) is 0 Å². The number of hydrogen-bond donors (Lipinski definition) is 2. The topological polar surface area (TPSA) is 35.5 Å². The van der Waals surface area contributed by atoms with E-state index in [4.69, 9.17) is 0 Å². The number of aliphatic hydroxyl groups is 1. The number of hydrogen-bond acceptors (Lipinski definition) is 3. The van der Waals surface area contributed by atoms with Crippen molar-refractivity contribution in [3.05, 3.63) is 0 Å².